The van der Waals surface area contributed by atoms with E-state index in [4.69, 9.17) is 0 Å². The minimum Gasteiger partial charge on any atom is -0.311 e. The van der Waals surface area contributed by atoms with Crippen LogP contribution in [-0.4, -0.2) is 12.6 Å². The number of rotatable bonds is 2. The molecular weight excluding hydrogens is 98.1 g/mol. The summed E-state index contributed by atoms with van der Waals surface area (Å²) >= 11 is 0. The minimum atomic E-state index is 0.843. The fourth-order valence-electron chi connectivity index (χ4n) is 0.904. The highest BCUT2D eigenvalue weighted by Gasteiger charge is 2.28. The van der Waals surface area contributed by atoms with Crippen LogP contribution in [-0.2, 0) is 0 Å². The normalized spacial score (nSPS) is 30.8. The van der Waals surface area contributed by atoms with Crippen LogP contribution in [0.5, 0.6) is 0 Å². The van der Waals surface area contributed by atoms with Crippen LogP contribution in [0.4, 0.5) is 0 Å². The maximum Gasteiger partial charge on any atom is 0.0221 e. The SMILES string of the molecule is CC(C)C(C)C1CN1. The largest absolute Gasteiger partial charge is 0.311 e. The van der Waals surface area contributed by atoms with Gasteiger partial charge in [-0.15, -0.1) is 0 Å². The van der Waals surface area contributed by atoms with Crippen molar-refractivity contribution in [2.24, 2.45) is 11.8 Å². The van der Waals surface area contributed by atoms with E-state index in [1.54, 1.807) is 0 Å². The van der Waals surface area contributed by atoms with Gasteiger partial charge in [0.05, 0.1) is 0 Å². The van der Waals surface area contributed by atoms with Crippen LogP contribution in [0.2, 0.25) is 0 Å². The number of hydrogen-bond donors (Lipinski definition) is 1. The molecule has 2 unspecified atom stereocenters. The fourth-order valence-corrected chi connectivity index (χ4v) is 0.904. The molecule has 0 spiro atoms. The van der Waals surface area contributed by atoms with Gasteiger partial charge in [-0.05, 0) is 11.8 Å². The van der Waals surface area contributed by atoms with Crippen molar-refractivity contribution in [1.82, 2.24) is 5.32 Å². The van der Waals surface area contributed by atoms with Crippen LogP contribution in [0.25, 0.3) is 0 Å². The summed E-state index contributed by atoms with van der Waals surface area (Å²) in [5, 5.41) is 3.32. The molecule has 8 heavy (non-hydrogen) atoms. The first kappa shape index (κ1) is 6.09. The lowest BCUT2D eigenvalue weighted by Crippen LogP contribution is -2.12. The standard InChI is InChI=1S/C7H15N/c1-5(2)6(3)7-4-8-7/h5-8H,4H2,1-3H3. The number of nitrogens with one attached hydrogen (secondary N) is 1. The van der Waals surface area contributed by atoms with Crippen molar-refractivity contribution in [3.05, 3.63) is 0 Å². The minimum absolute atomic E-state index is 0.843. The molecule has 0 amide bonds. The third-order valence-electron chi connectivity index (χ3n) is 2.13. The van der Waals surface area contributed by atoms with Gasteiger partial charge in [-0.2, -0.15) is 0 Å². The average Bonchev–Trinajstić information content (AvgIpc) is 2.43. The van der Waals surface area contributed by atoms with Crippen LogP contribution in [0.1, 0.15) is 20.8 Å². The molecule has 0 saturated carbocycles. The topological polar surface area (TPSA) is 21.9 Å². The van der Waals surface area contributed by atoms with Crippen molar-refractivity contribution in [2.75, 3.05) is 6.54 Å². The molecule has 1 N–H and O–H groups in total. The molecule has 0 aromatic rings. The monoisotopic (exact) mass is 113 g/mol. The van der Waals surface area contributed by atoms with E-state index < -0.39 is 0 Å². The van der Waals surface area contributed by atoms with E-state index in [1.807, 2.05) is 0 Å². The third kappa shape index (κ3) is 1.22. The quantitative estimate of drug-likeness (QED) is 0.535. The molecule has 48 valence electrons. The Bertz CT molecular complexity index is 72.5. The zero-order valence-electron chi connectivity index (χ0n) is 5.94. The van der Waals surface area contributed by atoms with Crippen LogP contribution < -0.4 is 5.32 Å². The molecule has 1 fully saturated rings. The Morgan fingerprint density at radius 2 is 1.88 bits per heavy atom. The maximum atomic E-state index is 3.32. The molecule has 1 rings (SSSR count). The summed E-state index contributed by atoms with van der Waals surface area (Å²) < 4.78 is 0. The van der Waals surface area contributed by atoms with Gasteiger partial charge in [-0.3, -0.25) is 0 Å². The van der Waals surface area contributed by atoms with Crippen molar-refractivity contribution in [3.8, 4) is 0 Å². The molecule has 0 radical (unpaired) electrons. The molecule has 0 aromatic heterocycles. The molecule has 0 bridgehead atoms. The van der Waals surface area contributed by atoms with Crippen LogP contribution >= 0.6 is 0 Å². The lowest BCUT2D eigenvalue weighted by Gasteiger charge is -2.11. The summed E-state index contributed by atoms with van der Waals surface area (Å²) in [5.41, 5.74) is 0. The van der Waals surface area contributed by atoms with Crippen molar-refractivity contribution in [1.29, 1.82) is 0 Å². The fraction of sp³-hybridized carbons (Fsp3) is 1.00. The van der Waals surface area contributed by atoms with Gasteiger partial charge in [0.15, 0.2) is 0 Å². The zero-order valence-corrected chi connectivity index (χ0v) is 5.94. The second kappa shape index (κ2) is 2.06. The van der Waals surface area contributed by atoms with E-state index in [1.165, 1.54) is 6.54 Å². The number of hydrogen-bond acceptors (Lipinski definition) is 1. The first-order valence-electron chi connectivity index (χ1n) is 3.45. The summed E-state index contributed by atoms with van der Waals surface area (Å²) in [4.78, 5) is 0. The van der Waals surface area contributed by atoms with E-state index >= 15 is 0 Å². The van der Waals surface area contributed by atoms with Gasteiger partial charge < -0.3 is 5.32 Å². The molecule has 1 aliphatic rings. The molecular formula is C7H15N. The Hall–Kier alpha value is -0.0400. The Morgan fingerprint density at radius 3 is 2.00 bits per heavy atom. The molecule has 1 aliphatic heterocycles. The molecule has 1 saturated heterocycles. The van der Waals surface area contributed by atoms with Gasteiger partial charge in [0.1, 0.15) is 0 Å². The Kier molecular flexibility index (Phi) is 1.57. The Balaban J connectivity index is 2.22. The highest BCUT2D eigenvalue weighted by molar-refractivity contribution is 4.88. The first-order chi connectivity index (χ1) is 3.72. The Morgan fingerprint density at radius 1 is 1.38 bits per heavy atom. The summed E-state index contributed by atoms with van der Waals surface area (Å²) in [6, 6.07) is 0.843. The highest BCUT2D eigenvalue weighted by Crippen LogP contribution is 2.19. The van der Waals surface area contributed by atoms with Gasteiger partial charge in [-0.1, -0.05) is 20.8 Å². The molecule has 1 nitrogen and oxygen atoms in total. The predicted octanol–water partition coefficient (Wildman–Crippen LogP) is 1.25. The summed E-state index contributed by atoms with van der Waals surface area (Å²) in [6.45, 7) is 8.13. The molecule has 1 heteroatoms. The van der Waals surface area contributed by atoms with E-state index in [0.29, 0.717) is 0 Å². The Labute approximate surface area is 51.5 Å². The molecule has 2 atom stereocenters. The van der Waals surface area contributed by atoms with E-state index in [2.05, 4.69) is 26.1 Å². The summed E-state index contributed by atoms with van der Waals surface area (Å²) in [7, 11) is 0. The third-order valence-corrected chi connectivity index (χ3v) is 2.13. The van der Waals surface area contributed by atoms with Gasteiger partial charge in [0, 0.05) is 12.6 Å². The van der Waals surface area contributed by atoms with Gasteiger partial charge >= 0.3 is 0 Å². The smallest absolute Gasteiger partial charge is 0.0221 e. The summed E-state index contributed by atoms with van der Waals surface area (Å²) in [5.74, 6) is 1.71. The molecule has 0 aromatic carbocycles. The van der Waals surface area contributed by atoms with E-state index in [-0.39, 0.29) is 0 Å². The van der Waals surface area contributed by atoms with E-state index in [9.17, 15) is 0 Å². The van der Waals surface area contributed by atoms with Crippen molar-refractivity contribution in [2.45, 2.75) is 26.8 Å². The van der Waals surface area contributed by atoms with Gasteiger partial charge in [0.25, 0.3) is 0 Å². The van der Waals surface area contributed by atoms with E-state index in [0.717, 1.165) is 17.9 Å². The van der Waals surface area contributed by atoms with Crippen molar-refractivity contribution in [3.63, 3.8) is 0 Å². The maximum absolute atomic E-state index is 3.32. The van der Waals surface area contributed by atoms with Gasteiger partial charge in [-0.25, -0.2) is 0 Å². The zero-order chi connectivity index (χ0) is 6.15. The van der Waals surface area contributed by atoms with Crippen LogP contribution in [0.15, 0.2) is 0 Å². The van der Waals surface area contributed by atoms with Crippen LogP contribution in [0, 0.1) is 11.8 Å². The summed E-state index contributed by atoms with van der Waals surface area (Å²) in [6.07, 6.45) is 0. The molecule has 1 heterocycles. The second-order valence-electron chi connectivity index (χ2n) is 3.12. The molecule has 0 aliphatic carbocycles. The highest BCUT2D eigenvalue weighted by atomic mass is 15.1. The first-order valence-corrected chi connectivity index (χ1v) is 3.45. The predicted molar refractivity (Wildman–Crippen MR) is 35.8 cm³/mol. The van der Waals surface area contributed by atoms with Crippen LogP contribution in [0.3, 0.4) is 0 Å². The lowest BCUT2D eigenvalue weighted by molar-refractivity contribution is 0.412. The average molecular weight is 113 g/mol. The lowest BCUT2D eigenvalue weighted by atomic mass is 9.95. The van der Waals surface area contributed by atoms with Crippen molar-refractivity contribution >= 4 is 0 Å². The van der Waals surface area contributed by atoms with Gasteiger partial charge in [0.2, 0.25) is 0 Å². The second-order valence-corrected chi connectivity index (χ2v) is 3.12. The van der Waals surface area contributed by atoms with Crippen molar-refractivity contribution < 1.29 is 0 Å².